The number of halogens is 1. The Hall–Kier alpha value is -5.08. The van der Waals surface area contributed by atoms with E-state index in [0.717, 1.165) is 11.3 Å². The summed E-state index contributed by atoms with van der Waals surface area (Å²) < 4.78 is 24.0. The number of anilines is 5. The molecule has 192 valence electrons. The van der Waals surface area contributed by atoms with Crippen molar-refractivity contribution in [2.45, 2.75) is 0 Å². The molecule has 2 amide bonds. The normalized spacial score (nSPS) is 10.3. The van der Waals surface area contributed by atoms with Crippen LogP contribution in [-0.2, 0) is 0 Å². The number of ether oxygens (including phenoxy) is 2. The molecule has 0 saturated heterocycles. The van der Waals surface area contributed by atoms with Crippen molar-refractivity contribution in [3.8, 4) is 17.6 Å². The fraction of sp³-hybridized carbons (Fsp3) is 0.0741. The fourth-order valence-corrected chi connectivity index (χ4v) is 4.59. The first kappa shape index (κ1) is 26.0. The zero-order valence-electron chi connectivity index (χ0n) is 20.3. The number of carbonyl (C=O) groups is 2. The van der Waals surface area contributed by atoms with Crippen molar-refractivity contribution < 1.29 is 23.5 Å². The van der Waals surface area contributed by atoms with Crippen LogP contribution in [0.25, 0.3) is 0 Å². The minimum Gasteiger partial charge on any atom is -0.493 e. The number of nitrogen functional groups attached to an aromatic ring is 1. The Kier molecular flexibility index (Phi) is 7.74. The molecule has 1 aromatic heterocycles. The summed E-state index contributed by atoms with van der Waals surface area (Å²) in [6.45, 7) is 0. The van der Waals surface area contributed by atoms with E-state index in [9.17, 15) is 14.0 Å². The van der Waals surface area contributed by atoms with Crippen molar-refractivity contribution in [1.82, 2.24) is 0 Å². The molecule has 0 aliphatic rings. The monoisotopic (exact) mass is 531 g/mol. The van der Waals surface area contributed by atoms with Crippen LogP contribution in [0.1, 0.15) is 25.6 Å². The second-order valence-corrected chi connectivity index (χ2v) is 8.87. The average Bonchev–Trinajstić information content (AvgIpc) is 3.25. The summed E-state index contributed by atoms with van der Waals surface area (Å²) in [6, 6.07) is 18.8. The molecule has 0 atom stereocenters. The number of rotatable bonds is 8. The third-order valence-corrected chi connectivity index (χ3v) is 6.49. The molecule has 0 aliphatic heterocycles. The van der Waals surface area contributed by atoms with Crippen LogP contribution in [0.2, 0.25) is 0 Å². The van der Waals surface area contributed by atoms with E-state index < -0.39 is 17.6 Å². The van der Waals surface area contributed by atoms with Crippen molar-refractivity contribution in [1.29, 1.82) is 5.26 Å². The zero-order valence-corrected chi connectivity index (χ0v) is 21.1. The molecular weight excluding hydrogens is 509 g/mol. The number of thiophene rings is 1. The molecule has 4 rings (SSSR count). The maximum Gasteiger partial charge on any atom is 0.267 e. The molecule has 4 aromatic rings. The topological polar surface area (TPSA) is 138 Å². The minimum absolute atomic E-state index is 0.0324. The molecule has 1 heterocycles. The van der Waals surface area contributed by atoms with E-state index in [4.69, 9.17) is 20.5 Å². The van der Waals surface area contributed by atoms with Crippen LogP contribution in [0.3, 0.4) is 0 Å². The van der Waals surface area contributed by atoms with Gasteiger partial charge in [-0.3, -0.25) is 9.59 Å². The van der Waals surface area contributed by atoms with E-state index >= 15 is 0 Å². The molecule has 0 radical (unpaired) electrons. The van der Waals surface area contributed by atoms with E-state index in [0.29, 0.717) is 34.1 Å². The second-order valence-electron chi connectivity index (χ2n) is 7.85. The lowest BCUT2D eigenvalue weighted by atomic mass is 10.2. The van der Waals surface area contributed by atoms with Gasteiger partial charge >= 0.3 is 0 Å². The lowest BCUT2D eigenvalue weighted by Gasteiger charge is -2.12. The summed E-state index contributed by atoms with van der Waals surface area (Å²) in [4.78, 5) is 26.6. The summed E-state index contributed by atoms with van der Waals surface area (Å²) in [6.07, 6.45) is 0. The number of benzene rings is 3. The Morgan fingerprint density at radius 2 is 1.55 bits per heavy atom. The van der Waals surface area contributed by atoms with Crippen molar-refractivity contribution in [2.75, 3.05) is 35.9 Å². The van der Waals surface area contributed by atoms with E-state index in [2.05, 4.69) is 16.0 Å². The van der Waals surface area contributed by atoms with Gasteiger partial charge in [-0.15, -0.1) is 11.3 Å². The third-order valence-electron chi connectivity index (χ3n) is 5.37. The fourth-order valence-electron chi connectivity index (χ4n) is 3.55. The van der Waals surface area contributed by atoms with Gasteiger partial charge in [0.2, 0.25) is 0 Å². The third kappa shape index (κ3) is 5.66. The van der Waals surface area contributed by atoms with Crippen molar-refractivity contribution in [3.63, 3.8) is 0 Å². The molecule has 0 bridgehead atoms. The summed E-state index contributed by atoms with van der Waals surface area (Å²) in [5.41, 5.74) is 7.98. The van der Waals surface area contributed by atoms with Crippen molar-refractivity contribution in [2.24, 2.45) is 0 Å². The van der Waals surface area contributed by atoms with Gasteiger partial charge in [-0.2, -0.15) is 5.26 Å². The number of hydrogen-bond acceptors (Lipinski definition) is 8. The highest BCUT2D eigenvalue weighted by molar-refractivity contribution is 7.19. The Bertz CT molecular complexity index is 1550. The highest BCUT2D eigenvalue weighted by Gasteiger charge is 2.26. The molecule has 38 heavy (non-hydrogen) atoms. The average molecular weight is 532 g/mol. The molecular formula is C27H22FN5O4S. The molecule has 0 aliphatic carbocycles. The summed E-state index contributed by atoms with van der Waals surface area (Å²) in [5.74, 6) is -0.671. The van der Waals surface area contributed by atoms with E-state index in [1.54, 1.807) is 36.4 Å². The standard InChI is InChI=1S/C27H22FN5O4S/c1-36-20-11-10-19(13-21(20)37-2)31-25(34)22-23(30)24(26(35)32-18-5-3-4-15(12-18)14-29)38-27(22)33-17-8-6-16(28)7-9-17/h3-13,33H,30H2,1-2H3,(H,31,34)(H,32,35). The van der Waals surface area contributed by atoms with Crippen molar-refractivity contribution >= 4 is 50.9 Å². The summed E-state index contributed by atoms with van der Waals surface area (Å²) in [5, 5.41) is 17.9. The SMILES string of the molecule is COc1ccc(NC(=O)c2c(Nc3ccc(F)cc3)sc(C(=O)Nc3cccc(C#N)c3)c2N)cc1OC. The second kappa shape index (κ2) is 11.3. The predicted molar refractivity (Wildman–Crippen MR) is 145 cm³/mol. The largest absolute Gasteiger partial charge is 0.493 e. The van der Waals surface area contributed by atoms with Gasteiger partial charge in [-0.05, 0) is 54.6 Å². The predicted octanol–water partition coefficient (Wildman–Crippen LogP) is 5.61. The van der Waals surface area contributed by atoms with Gasteiger partial charge in [0.15, 0.2) is 11.5 Å². The highest BCUT2D eigenvalue weighted by atomic mass is 32.1. The van der Waals surface area contributed by atoms with Gasteiger partial charge < -0.3 is 31.2 Å². The molecule has 0 saturated carbocycles. The smallest absolute Gasteiger partial charge is 0.267 e. The Balaban J connectivity index is 1.69. The molecule has 0 fully saturated rings. The number of nitriles is 1. The van der Waals surface area contributed by atoms with Gasteiger partial charge in [0, 0.05) is 23.1 Å². The van der Waals surface area contributed by atoms with Crippen LogP contribution in [0, 0.1) is 17.1 Å². The number of nitrogens with two attached hydrogens (primary N) is 1. The highest BCUT2D eigenvalue weighted by Crippen LogP contribution is 2.39. The molecule has 0 unspecified atom stereocenters. The Morgan fingerprint density at radius 3 is 2.24 bits per heavy atom. The number of carbonyl (C=O) groups excluding carboxylic acids is 2. The number of nitrogens with zero attached hydrogens (tertiary/aromatic N) is 1. The van der Waals surface area contributed by atoms with Crippen LogP contribution < -0.4 is 31.2 Å². The summed E-state index contributed by atoms with van der Waals surface area (Å²) in [7, 11) is 2.97. The minimum atomic E-state index is -0.582. The first-order valence-electron chi connectivity index (χ1n) is 11.1. The van der Waals surface area contributed by atoms with E-state index in [1.807, 2.05) is 6.07 Å². The Morgan fingerprint density at radius 1 is 0.895 bits per heavy atom. The maximum atomic E-state index is 13.4. The molecule has 3 aromatic carbocycles. The number of nitrogens with one attached hydrogen (secondary N) is 3. The van der Waals surface area contributed by atoms with Gasteiger partial charge in [0.1, 0.15) is 15.7 Å². The van der Waals surface area contributed by atoms with Gasteiger partial charge in [0.25, 0.3) is 11.8 Å². The lowest BCUT2D eigenvalue weighted by molar-refractivity contribution is 0.102. The van der Waals surface area contributed by atoms with Crippen LogP contribution in [0.5, 0.6) is 11.5 Å². The molecule has 0 spiro atoms. The van der Waals surface area contributed by atoms with Crippen molar-refractivity contribution in [3.05, 3.63) is 88.6 Å². The van der Waals surface area contributed by atoms with Crippen LogP contribution in [-0.4, -0.2) is 26.0 Å². The number of hydrogen-bond donors (Lipinski definition) is 4. The molecule has 9 nitrogen and oxygen atoms in total. The van der Waals surface area contributed by atoms with Gasteiger partial charge in [-0.25, -0.2) is 4.39 Å². The molecule has 11 heteroatoms. The van der Waals surface area contributed by atoms with Crippen LogP contribution in [0.4, 0.5) is 32.1 Å². The first-order valence-corrected chi connectivity index (χ1v) is 11.9. The van der Waals surface area contributed by atoms with E-state index in [1.165, 1.54) is 44.6 Å². The van der Waals surface area contributed by atoms with Gasteiger partial charge in [0.05, 0.1) is 37.1 Å². The maximum absolute atomic E-state index is 13.4. The number of amides is 2. The van der Waals surface area contributed by atoms with E-state index in [-0.39, 0.29) is 21.1 Å². The first-order chi connectivity index (χ1) is 18.3. The van der Waals surface area contributed by atoms with Gasteiger partial charge in [-0.1, -0.05) is 6.07 Å². The quantitative estimate of drug-likeness (QED) is 0.232. The molecule has 5 N–H and O–H groups in total. The number of methoxy groups -OCH3 is 2. The van der Waals surface area contributed by atoms with Crippen LogP contribution >= 0.6 is 11.3 Å². The Labute approximate surface area is 221 Å². The van der Waals surface area contributed by atoms with Crippen LogP contribution in [0.15, 0.2) is 66.7 Å². The lowest BCUT2D eigenvalue weighted by Crippen LogP contribution is -2.16. The zero-order chi connectivity index (χ0) is 27.2. The summed E-state index contributed by atoms with van der Waals surface area (Å²) >= 11 is 0.963.